The van der Waals surface area contributed by atoms with E-state index < -0.39 is 5.60 Å². The Morgan fingerprint density at radius 3 is 2.71 bits per heavy atom. The number of benzene rings is 1. The van der Waals surface area contributed by atoms with Crippen molar-refractivity contribution in [2.45, 2.75) is 58.5 Å². The van der Waals surface area contributed by atoms with Gasteiger partial charge in [-0.15, -0.1) is 0 Å². The molecule has 0 unspecified atom stereocenters. The summed E-state index contributed by atoms with van der Waals surface area (Å²) < 4.78 is 5.02. The molecule has 0 aliphatic heterocycles. The highest BCUT2D eigenvalue weighted by Gasteiger charge is 2.40. The van der Waals surface area contributed by atoms with Gasteiger partial charge in [-0.25, -0.2) is 0 Å². The minimum atomic E-state index is -0.971. The second kappa shape index (κ2) is 7.98. The largest absolute Gasteiger partial charge is 0.469 e. The van der Waals surface area contributed by atoms with Crippen LogP contribution in [0.3, 0.4) is 0 Å². The molecule has 0 radical (unpaired) electrons. The van der Waals surface area contributed by atoms with Crippen molar-refractivity contribution < 1.29 is 14.6 Å². The number of methoxy groups -OCH3 is 1. The van der Waals surface area contributed by atoms with E-state index >= 15 is 0 Å². The van der Waals surface area contributed by atoms with Crippen molar-refractivity contribution in [3.63, 3.8) is 0 Å². The fourth-order valence-electron chi connectivity index (χ4n) is 3.61. The zero-order valence-corrected chi connectivity index (χ0v) is 15.3. The van der Waals surface area contributed by atoms with Gasteiger partial charge in [0, 0.05) is 0 Å². The second-order valence-corrected chi connectivity index (χ2v) is 7.18. The highest BCUT2D eigenvalue weighted by molar-refractivity contribution is 5.74. The summed E-state index contributed by atoms with van der Waals surface area (Å²) in [4.78, 5) is 12.3. The number of unbranched alkanes of at least 4 members (excludes halogenated alkanes) is 1. The second-order valence-electron chi connectivity index (χ2n) is 7.18. The Morgan fingerprint density at radius 2 is 2.08 bits per heavy atom. The van der Waals surface area contributed by atoms with E-state index in [0.29, 0.717) is 12.8 Å². The number of carbonyl (C=O) groups is 1. The maximum Gasteiger partial charge on any atom is 0.309 e. The Hall–Kier alpha value is -1.61. The molecular formula is C21H30O3. The molecule has 3 heteroatoms. The van der Waals surface area contributed by atoms with Crippen LogP contribution in [0, 0.1) is 11.8 Å². The van der Waals surface area contributed by atoms with Gasteiger partial charge >= 0.3 is 5.97 Å². The van der Waals surface area contributed by atoms with Crippen LogP contribution in [0.25, 0.3) is 6.08 Å². The van der Waals surface area contributed by atoms with Crippen LogP contribution in [-0.4, -0.2) is 23.8 Å². The Labute approximate surface area is 145 Å². The van der Waals surface area contributed by atoms with Gasteiger partial charge in [-0.05, 0) is 48.3 Å². The molecule has 132 valence electrons. The van der Waals surface area contributed by atoms with Crippen LogP contribution in [0.5, 0.6) is 0 Å². The topological polar surface area (TPSA) is 46.5 Å². The van der Waals surface area contributed by atoms with Crippen molar-refractivity contribution in [3.8, 4) is 0 Å². The lowest BCUT2D eigenvalue weighted by atomic mass is 9.71. The first-order valence-corrected chi connectivity index (χ1v) is 9.01. The molecule has 0 amide bonds. The van der Waals surface area contributed by atoms with Gasteiger partial charge < -0.3 is 9.84 Å². The summed E-state index contributed by atoms with van der Waals surface area (Å²) >= 11 is 0. The zero-order valence-electron chi connectivity index (χ0n) is 15.3. The van der Waals surface area contributed by atoms with E-state index in [1.54, 1.807) is 0 Å². The quantitative estimate of drug-likeness (QED) is 0.815. The molecule has 0 saturated carbocycles. The fraction of sp³-hybridized carbons (Fsp3) is 0.571. The molecule has 1 aliphatic carbocycles. The maximum atomic E-state index is 12.3. The predicted molar refractivity (Wildman–Crippen MR) is 97.6 cm³/mol. The van der Waals surface area contributed by atoms with Crippen molar-refractivity contribution in [2.24, 2.45) is 11.8 Å². The highest BCUT2D eigenvalue weighted by Crippen LogP contribution is 2.40. The number of aliphatic hydroxyl groups is 1. The van der Waals surface area contributed by atoms with Crippen molar-refractivity contribution >= 4 is 12.0 Å². The van der Waals surface area contributed by atoms with Crippen LogP contribution in [0.4, 0.5) is 0 Å². The third-order valence-corrected chi connectivity index (χ3v) is 5.25. The molecule has 2 rings (SSSR count). The molecule has 0 spiro atoms. The SMILES string of the molecule is CCCC/C1=C/c2ccccc2C[C@@H](C(=O)OC)C[C@@]1(O)C(C)C. The molecule has 0 bridgehead atoms. The number of rotatable bonds is 5. The number of esters is 1. The summed E-state index contributed by atoms with van der Waals surface area (Å²) in [5, 5.41) is 11.5. The van der Waals surface area contributed by atoms with Gasteiger partial charge in [0.1, 0.15) is 0 Å². The van der Waals surface area contributed by atoms with Crippen molar-refractivity contribution in [3.05, 3.63) is 41.0 Å². The Balaban J connectivity index is 2.56. The van der Waals surface area contributed by atoms with E-state index in [1.165, 1.54) is 7.11 Å². The van der Waals surface area contributed by atoms with Crippen LogP contribution in [0.15, 0.2) is 29.8 Å². The molecule has 1 N–H and O–H groups in total. The maximum absolute atomic E-state index is 12.3. The first kappa shape index (κ1) is 18.7. The van der Waals surface area contributed by atoms with Gasteiger partial charge in [0.25, 0.3) is 0 Å². The Morgan fingerprint density at radius 1 is 1.38 bits per heavy atom. The van der Waals surface area contributed by atoms with Crippen LogP contribution >= 0.6 is 0 Å². The number of ether oxygens (including phenoxy) is 1. The predicted octanol–water partition coefficient (Wildman–Crippen LogP) is 4.38. The van der Waals surface area contributed by atoms with E-state index in [9.17, 15) is 9.90 Å². The van der Waals surface area contributed by atoms with E-state index in [-0.39, 0.29) is 17.8 Å². The third-order valence-electron chi connectivity index (χ3n) is 5.25. The molecule has 1 aliphatic rings. The first-order chi connectivity index (χ1) is 11.4. The molecule has 0 fully saturated rings. The Bertz CT molecular complexity index is 603. The van der Waals surface area contributed by atoms with Crippen molar-refractivity contribution in [1.82, 2.24) is 0 Å². The van der Waals surface area contributed by atoms with Crippen LogP contribution in [0.2, 0.25) is 0 Å². The lowest BCUT2D eigenvalue weighted by Gasteiger charge is -2.39. The molecule has 2 atom stereocenters. The van der Waals surface area contributed by atoms with Gasteiger partial charge in [-0.1, -0.05) is 57.5 Å². The first-order valence-electron chi connectivity index (χ1n) is 9.01. The minimum absolute atomic E-state index is 0.0398. The summed E-state index contributed by atoms with van der Waals surface area (Å²) in [5.74, 6) is -0.521. The summed E-state index contributed by atoms with van der Waals surface area (Å²) in [6.45, 7) is 6.21. The molecule has 24 heavy (non-hydrogen) atoms. The summed E-state index contributed by atoms with van der Waals surface area (Å²) in [6.07, 6.45) is 6.14. The normalized spacial score (nSPS) is 26.1. The number of hydrogen-bond acceptors (Lipinski definition) is 3. The lowest BCUT2D eigenvalue weighted by molar-refractivity contribution is -0.148. The standard InChI is InChI=1S/C21H30O3/c1-5-6-11-19-13-17-10-8-7-9-16(17)12-18(20(22)24-4)14-21(19,23)15(2)3/h7-10,13,15,18,23H,5-6,11-12,14H2,1-4H3/b19-13-/t18-,21-/m1/s1. The monoisotopic (exact) mass is 330 g/mol. The smallest absolute Gasteiger partial charge is 0.309 e. The van der Waals surface area contributed by atoms with Gasteiger partial charge in [0.2, 0.25) is 0 Å². The van der Waals surface area contributed by atoms with Crippen LogP contribution in [-0.2, 0) is 16.0 Å². The minimum Gasteiger partial charge on any atom is -0.469 e. The number of hydrogen-bond donors (Lipinski definition) is 1. The molecule has 0 saturated heterocycles. The molecule has 1 aromatic carbocycles. The summed E-state index contributed by atoms with van der Waals surface area (Å²) in [6, 6.07) is 8.15. The van der Waals surface area contributed by atoms with E-state index in [2.05, 4.69) is 25.1 Å². The third kappa shape index (κ3) is 3.89. The van der Waals surface area contributed by atoms with Gasteiger partial charge in [0.15, 0.2) is 0 Å². The Kier molecular flexibility index (Phi) is 6.22. The average Bonchev–Trinajstić information content (AvgIpc) is 2.56. The summed E-state index contributed by atoms with van der Waals surface area (Å²) in [5.41, 5.74) is 2.33. The molecule has 3 nitrogen and oxygen atoms in total. The van der Waals surface area contributed by atoms with E-state index in [0.717, 1.165) is 36.0 Å². The van der Waals surface area contributed by atoms with E-state index in [1.807, 2.05) is 26.0 Å². The number of fused-ring (bicyclic) bond motifs is 1. The van der Waals surface area contributed by atoms with Crippen LogP contribution < -0.4 is 0 Å². The van der Waals surface area contributed by atoms with E-state index in [4.69, 9.17) is 4.74 Å². The van der Waals surface area contributed by atoms with Gasteiger partial charge in [-0.2, -0.15) is 0 Å². The van der Waals surface area contributed by atoms with Crippen LogP contribution in [0.1, 0.15) is 57.6 Å². The molecule has 0 heterocycles. The summed E-state index contributed by atoms with van der Waals surface area (Å²) in [7, 11) is 1.43. The number of carbonyl (C=O) groups excluding carboxylic acids is 1. The van der Waals surface area contributed by atoms with Crippen molar-refractivity contribution in [1.29, 1.82) is 0 Å². The highest BCUT2D eigenvalue weighted by atomic mass is 16.5. The fourth-order valence-corrected chi connectivity index (χ4v) is 3.61. The zero-order chi connectivity index (χ0) is 17.7. The molecule has 1 aromatic rings. The van der Waals surface area contributed by atoms with Gasteiger partial charge in [-0.3, -0.25) is 4.79 Å². The molecular weight excluding hydrogens is 300 g/mol. The van der Waals surface area contributed by atoms with Gasteiger partial charge in [0.05, 0.1) is 18.6 Å². The lowest BCUT2D eigenvalue weighted by Crippen LogP contribution is -2.42. The van der Waals surface area contributed by atoms with Crippen molar-refractivity contribution in [2.75, 3.05) is 7.11 Å². The average molecular weight is 330 g/mol. The molecule has 0 aromatic heterocycles.